The Balaban J connectivity index is 1.61. The van der Waals surface area contributed by atoms with E-state index in [-0.39, 0.29) is 0 Å². The second-order valence-electron chi connectivity index (χ2n) is 5.20. The number of aromatic nitrogens is 2. The smallest absolute Gasteiger partial charge is 0.150 e. The van der Waals surface area contributed by atoms with Crippen LogP contribution in [-0.4, -0.2) is 16.1 Å². The topological polar surface area (TPSA) is 44.1 Å². The Morgan fingerprint density at radius 3 is 2.95 bits per heavy atom. The van der Waals surface area contributed by atoms with E-state index in [1.165, 1.54) is 25.7 Å². The molecule has 1 aromatic carbocycles. The number of carbonyl (C=O) groups is 1. The number of benzene rings is 1. The SMILES string of the molecule is O=Cc1cccc(OCc2ccn(C3CCCC3)n2)c1. The highest BCUT2D eigenvalue weighted by molar-refractivity contribution is 5.75. The van der Waals surface area contributed by atoms with E-state index in [1.54, 1.807) is 12.1 Å². The third kappa shape index (κ3) is 2.90. The molecule has 1 aliphatic rings. The molecule has 0 unspecified atom stereocenters. The molecule has 104 valence electrons. The average molecular weight is 270 g/mol. The predicted molar refractivity (Wildman–Crippen MR) is 75.9 cm³/mol. The van der Waals surface area contributed by atoms with E-state index >= 15 is 0 Å². The van der Waals surface area contributed by atoms with E-state index in [4.69, 9.17) is 4.74 Å². The number of hydrogen-bond donors (Lipinski definition) is 0. The first-order valence-electron chi connectivity index (χ1n) is 7.07. The molecule has 0 amide bonds. The minimum absolute atomic E-state index is 0.433. The van der Waals surface area contributed by atoms with Crippen LogP contribution in [0.5, 0.6) is 5.75 Å². The molecule has 20 heavy (non-hydrogen) atoms. The van der Waals surface area contributed by atoms with Crippen LogP contribution in [0.15, 0.2) is 36.5 Å². The number of aldehydes is 1. The minimum atomic E-state index is 0.433. The molecule has 1 fully saturated rings. The van der Waals surface area contributed by atoms with Gasteiger partial charge in [0.25, 0.3) is 0 Å². The Morgan fingerprint density at radius 1 is 1.30 bits per heavy atom. The molecule has 0 aliphatic heterocycles. The van der Waals surface area contributed by atoms with Crippen LogP contribution in [0.2, 0.25) is 0 Å². The Morgan fingerprint density at radius 2 is 2.15 bits per heavy atom. The van der Waals surface area contributed by atoms with Gasteiger partial charge in [0.1, 0.15) is 18.6 Å². The van der Waals surface area contributed by atoms with E-state index in [0.29, 0.717) is 24.0 Å². The Bertz CT molecular complexity index is 586. The quantitative estimate of drug-likeness (QED) is 0.782. The van der Waals surface area contributed by atoms with Gasteiger partial charge in [-0.25, -0.2) is 0 Å². The minimum Gasteiger partial charge on any atom is -0.487 e. The van der Waals surface area contributed by atoms with Gasteiger partial charge in [0, 0.05) is 11.8 Å². The lowest BCUT2D eigenvalue weighted by Gasteiger charge is -2.09. The maximum Gasteiger partial charge on any atom is 0.150 e. The highest BCUT2D eigenvalue weighted by Crippen LogP contribution is 2.28. The Labute approximate surface area is 118 Å². The zero-order valence-electron chi connectivity index (χ0n) is 11.4. The summed E-state index contributed by atoms with van der Waals surface area (Å²) in [4.78, 5) is 10.7. The third-order valence-corrected chi connectivity index (χ3v) is 3.74. The van der Waals surface area contributed by atoms with Crippen molar-refractivity contribution in [3.63, 3.8) is 0 Å². The summed E-state index contributed by atoms with van der Waals surface area (Å²) in [7, 11) is 0. The number of ether oxygens (including phenoxy) is 1. The van der Waals surface area contributed by atoms with Gasteiger partial charge in [-0.15, -0.1) is 0 Å². The van der Waals surface area contributed by atoms with Gasteiger partial charge < -0.3 is 4.74 Å². The van der Waals surface area contributed by atoms with Crippen LogP contribution < -0.4 is 4.74 Å². The van der Waals surface area contributed by atoms with Gasteiger partial charge in [-0.05, 0) is 31.0 Å². The molecular weight excluding hydrogens is 252 g/mol. The highest BCUT2D eigenvalue weighted by atomic mass is 16.5. The number of carbonyl (C=O) groups excluding carboxylic acids is 1. The lowest BCUT2D eigenvalue weighted by Crippen LogP contribution is -2.06. The maximum atomic E-state index is 10.7. The molecule has 0 saturated heterocycles. The van der Waals surface area contributed by atoms with Crippen molar-refractivity contribution >= 4 is 6.29 Å². The van der Waals surface area contributed by atoms with Crippen molar-refractivity contribution in [3.8, 4) is 5.75 Å². The van der Waals surface area contributed by atoms with Crippen molar-refractivity contribution in [2.45, 2.75) is 38.3 Å². The summed E-state index contributed by atoms with van der Waals surface area (Å²) in [5.41, 5.74) is 1.55. The molecule has 4 heteroatoms. The first kappa shape index (κ1) is 12.9. The zero-order chi connectivity index (χ0) is 13.8. The molecule has 1 aliphatic carbocycles. The van der Waals surface area contributed by atoms with E-state index in [1.807, 2.05) is 24.4 Å². The summed E-state index contributed by atoms with van der Waals surface area (Å²) < 4.78 is 7.74. The number of nitrogens with zero attached hydrogens (tertiary/aromatic N) is 2. The third-order valence-electron chi connectivity index (χ3n) is 3.74. The van der Waals surface area contributed by atoms with Crippen LogP contribution in [0, 0.1) is 0 Å². The fraction of sp³-hybridized carbons (Fsp3) is 0.375. The summed E-state index contributed by atoms with van der Waals surface area (Å²) in [6.45, 7) is 0.433. The molecular formula is C16H18N2O2. The number of hydrogen-bond acceptors (Lipinski definition) is 3. The van der Waals surface area contributed by atoms with Gasteiger partial charge in [-0.2, -0.15) is 5.10 Å². The molecule has 0 bridgehead atoms. The van der Waals surface area contributed by atoms with Crippen LogP contribution in [0.25, 0.3) is 0 Å². The summed E-state index contributed by atoms with van der Waals surface area (Å²) in [5, 5.41) is 4.57. The summed E-state index contributed by atoms with van der Waals surface area (Å²) >= 11 is 0. The van der Waals surface area contributed by atoms with Gasteiger partial charge in [-0.3, -0.25) is 9.48 Å². The fourth-order valence-corrected chi connectivity index (χ4v) is 2.66. The zero-order valence-corrected chi connectivity index (χ0v) is 11.4. The monoisotopic (exact) mass is 270 g/mol. The van der Waals surface area contributed by atoms with E-state index in [0.717, 1.165) is 12.0 Å². The van der Waals surface area contributed by atoms with Crippen LogP contribution >= 0.6 is 0 Å². The van der Waals surface area contributed by atoms with E-state index in [2.05, 4.69) is 9.78 Å². The van der Waals surface area contributed by atoms with Gasteiger partial charge >= 0.3 is 0 Å². The second kappa shape index (κ2) is 5.90. The van der Waals surface area contributed by atoms with Crippen molar-refractivity contribution in [3.05, 3.63) is 47.8 Å². The molecule has 1 saturated carbocycles. The van der Waals surface area contributed by atoms with Crippen molar-refractivity contribution in [2.24, 2.45) is 0 Å². The van der Waals surface area contributed by atoms with Gasteiger partial charge in [0.2, 0.25) is 0 Å². The molecule has 0 radical (unpaired) electrons. The van der Waals surface area contributed by atoms with E-state index < -0.39 is 0 Å². The molecule has 4 nitrogen and oxygen atoms in total. The Hall–Kier alpha value is -2.10. The standard InChI is InChI=1S/C16H18N2O2/c19-11-13-4-3-7-16(10-13)20-12-14-8-9-18(17-14)15-5-1-2-6-15/h3-4,7-11,15H,1-2,5-6,12H2. The van der Waals surface area contributed by atoms with Crippen molar-refractivity contribution < 1.29 is 9.53 Å². The maximum absolute atomic E-state index is 10.7. The summed E-state index contributed by atoms with van der Waals surface area (Å²) in [6, 6.07) is 9.72. The van der Waals surface area contributed by atoms with Crippen LogP contribution in [0.1, 0.15) is 47.8 Å². The molecule has 0 atom stereocenters. The molecule has 2 aromatic rings. The highest BCUT2D eigenvalue weighted by Gasteiger charge is 2.17. The van der Waals surface area contributed by atoms with Crippen LogP contribution in [-0.2, 0) is 6.61 Å². The van der Waals surface area contributed by atoms with Gasteiger partial charge in [0.15, 0.2) is 0 Å². The lowest BCUT2D eigenvalue weighted by molar-refractivity contribution is 0.112. The van der Waals surface area contributed by atoms with Crippen LogP contribution in [0.3, 0.4) is 0 Å². The normalized spacial score (nSPS) is 15.4. The lowest BCUT2D eigenvalue weighted by atomic mass is 10.2. The predicted octanol–water partition coefficient (Wildman–Crippen LogP) is 3.39. The molecule has 3 rings (SSSR count). The molecule has 0 N–H and O–H groups in total. The molecule has 1 heterocycles. The first-order valence-corrected chi connectivity index (χ1v) is 7.07. The molecule has 0 spiro atoms. The van der Waals surface area contributed by atoms with Crippen molar-refractivity contribution in [1.29, 1.82) is 0 Å². The molecule has 1 aromatic heterocycles. The van der Waals surface area contributed by atoms with E-state index in [9.17, 15) is 4.79 Å². The Kier molecular flexibility index (Phi) is 3.81. The van der Waals surface area contributed by atoms with Crippen molar-refractivity contribution in [1.82, 2.24) is 9.78 Å². The summed E-state index contributed by atoms with van der Waals surface area (Å²) in [5.74, 6) is 0.699. The second-order valence-corrected chi connectivity index (χ2v) is 5.20. The van der Waals surface area contributed by atoms with Crippen molar-refractivity contribution in [2.75, 3.05) is 0 Å². The van der Waals surface area contributed by atoms with Gasteiger partial charge in [0.05, 0.1) is 11.7 Å². The number of rotatable bonds is 5. The largest absolute Gasteiger partial charge is 0.487 e. The average Bonchev–Trinajstić information content (AvgIpc) is 3.16. The first-order chi connectivity index (χ1) is 9.85. The fourth-order valence-electron chi connectivity index (χ4n) is 2.66. The van der Waals surface area contributed by atoms with Gasteiger partial charge in [-0.1, -0.05) is 25.0 Å². The van der Waals surface area contributed by atoms with Crippen LogP contribution in [0.4, 0.5) is 0 Å². The summed E-state index contributed by atoms with van der Waals surface area (Å²) in [6.07, 6.45) is 7.91.